The number of fused-ring (bicyclic) bond motifs is 5. The molecule has 0 spiro atoms. The zero-order valence-electron chi connectivity index (χ0n) is 35.6. The van der Waals surface area contributed by atoms with Gasteiger partial charge >= 0.3 is 0 Å². The van der Waals surface area contributed by atoms with Crippen LogP contribution >= 0.6 is 0 Å². The third-order valence-electron chi connectivity index (χ3n) is 13.4. The van der Waals surface area contributed by atoms with Gasteiger partial charge in [-0.05, 0) is 85.2 Å². The number of amides is 2. The van der Waals surface area contributed by atoms with Crippen LogP contribution in [0.3, 0.4) is 0 Å². The Morgan fingerprint density at radius 1 is 1.03 bits per heavy atom. The molecule has 2 saturated heterocycles. The van der Waals surface area contributed by atoms with Crippen molar-refractivity contribution in [3.05, 3.63) is 88.1 Å². The van der Waals surface area contributed by atoms with Gasteiger partial charge in [-0.25, -0.2) is 4.98 Å². The van der Waals surface area contributed by atoms with Gasteiger partial charge in [0.05, 0.1) is 34.3 Å². The van der Waals surface area contributed by atoms with Crippen LogP contribution in [0.25, 0.3) is 21.9 Å². The second-order valence-electron chi connectivity index (χ2n) is 18.2. The quantitative estimate of drug-likeness (QED) is 0.127. The molecule has 0 saturated carbocycles. The molecule has 314 valence electrons. The topological polar surface area (TPSA) is 182 Å². The van der Waals surface area contributed by atoms with Crippen molar-refractivity contribution in [2.24, 2.45) is 11.1 Å². The first-order valence-electron chi connectivity index (χ1n) is 21.5. The maximum Gasteiger partial charge on any atom is 0.237 e. The van der Waals surface area contributed by atoms with Gasteiger partial charge in [0.15, 0.2) is 5.78 Å². The smallest absolute Gasteiger partial charge is 0.237 e. The van der Waals surface area contributed by atoms with E-state index in [4.69, 9.17) is 11.5 Å². The number of hydrogen-bond donors (Lipinski definition) is 4. The number of piperazine rings is 1. The Balaban J connectivity index is 0.819. The van der Waals surface area contributed by atoms with Gasteiger partial charge in [-0.15, -0.1) is 0 Å². The summed E-state index contributed by atoms with van der Waals surface area (Å²) in [6, 6.07) is 19.2. The van der Waals surface area contributed by atoms with Crippen molar-refractivity contribution in [1.29, 1.82) is 5.26 Å². The molecule has 3 aromatic carbocycles. The van der Waals surface area contributed by atoms with Crippen LogP contribution in [-0.2, 0) is 28.0 Å². The highest BCUT2D eigenvalue weighted by Gasteiger charge is 2.42. The lowest BCUT2D eigenvalue weighted by molar-refractivity contribution is -0.131. The van der Waals surface area contributed by atoms with Crippen molar-refractivity contribution in [3.8, 4) is 6.07 Å². The summed E-state index contributed by atoms with van der Waals surface area (Å²) in [6.07, 6.45) is 3.26. The number of likely N-dealkylation sites (tertiary alicyclic amines) is 1. The number of aryl methyl sites for hydroxylation is 2. The lowest BCUT2D eigenvalue weighted by Gasteiger charge is -2.39. The van der Waals surface area contributed by atoms with Crippen LogP contribution in [0.5, 0.6) is 0 Å². The van der Waals surface area contributed by atoms with E-state index in [1.54, 1.807) is 6.07 Å². The van der Waals surface area contributed by atoms with E-state index in [-0.39, 0.29) is 29.1 Å². The molecule has 2 fully saturated rings. The third-order valence-corrected chi connectivity index (χ3v) is 13.4. The molecule has 6 N–H and O–H groups in total. The predicted molar refractivity (Wildman–Crippen MR) is 236 cm³/mol. The number of hydrogen-bond acceptors (Lipinski definition) is 9. The minimum absolute atomic E-state index is 0.0165. The summed E-state index contributed by atoms with van der Waals surface area (Å²) in [5, 5.41) is 13.6. The second-order valence-corrected chi connectivity index (χ2v) is 18.2. The third kappa shape index (κ3) is 7.52. The molecule has 1 aliphatic carbocycles. The molecule has 60 heavy (non-hydrogen) atoms. The molecule has 2 aromatic heterocycles. The van der Waals surface area contributed by atoms with E-state index in [9.17, 15) is 19.6 Å². The summed E-state index contributed by atoms with van der Waals surface area (Å²) >= 11 is 0. The Morgan fingerprint density at radius 2 is 1.80 bits per heavy atom. The molecule has 2 amide bonds. The number of nitrogens with zero attached hydrogens (tertiary/aromatic N) is 6. The van der Waals surface area contributed by atoms with Crippen LogP contribution in [0.1, 0.15) is 98.6 Å². The van der Waals surface area contributed by atoms with Gasteiger partial charge in [-0.1, -0.05) is 52.8 Å². The number of imidazole rings is 1. The average molecular weight is 811 g/mol. The average Bonchev–Trinajstić information content (AvgIpc) is 3.88. The number of nitrogens with two attached hydrogens (primary N) is 2. The number of carbonyl (C=O) groups is 3. The number of benzene rings is 3. The van der Waals surface area contributed by atoms with E-state index in [1.165, 1.54) is 0 Å². The van der Waals surface area contributed by atoms with E-state index in [2.05, 4.69) is 77.9 Å². The standard InChI is InChI=1S/C47H58N10O3/c1-6-30-24-32-33(47(4,5)43-41(42(32)59)31-16-15-29(26-48)23-36(31)51-43)25-38(30)55-19-21-56(22-20-55)40(58)14-10-17-54-27-39(46(2,3)28-54)53-44(60)34(49)11-9-18-57-37-13-8-7-12-35(37)52-45(57)50/h7-8,12-13,15-16,23-25,34,39,51H,6,9-11,14,17-22,27-28,49H2,1-5H3,(H2,50,52)(H,53,60)/t34-,39-/m0/s1. The van der Waals surface area contributed by atoms with Crippen molar-refractivity contribution in [1.82, 2.24) is 29.7 Å². The Kier molecular flexibility index (Phi) is 11.0. The summed E-state index contributed by atoms with van der Waals surface area (Å²) < 4.78 is 1.97. The monoisotopic (exact) mass is 810 g/mol. The van der Waals surface area contributed by atoms with Crippen LogP contribution in [0.15, 0.2) is 54.6 Å². The maximum absolute atomic E-state index is 14.1. The number of nitrogen functional groups attached to an aromatic ring is 1. The fourth-order valence-electron chi connectivity index (χ4n) is 9.84. The molecule has 3 aliphatic rings. The first-order valence-corrected chi connectivity index (χ1v) is 21.5. The molecule has 13 heteroatoms. The lowest BCUT2D eigenvalue weighted by atomic mass is 9.70. The Hall–Kier alpha value is -5.71. The highest BCUT2D eigenvalue weighted by molar-refractivity contribution is 6.20. The molecule has 8 rings (SSSR count). The number of H-pyrrole nitrogens is 1. The number of anilines is 2. The minimum Gasteiger partial charge on any atom is -0.369 e. The van der Waals surface area contributed by atoms with E-state index in [0.29, 0.717) is 56.0 Å². The largest absolute Gasteiger partial charge is 0.369 e. The molecule has 2 atom stereocenters. The van der Waals surface area contributed by atoms with E-state index < -0.39 is 11.5 Å². The van der Waals surface area contributed by atoms with Crippen LogP contribution in [0.2, 0.25) is 0 Å². The second kappa shape index (κ2) is 16.0. The molecule has 0 unspecified atom stereocenters. The highest BCUT2D eigenvalue weighted by atomic mass is 16.2. The van der Waals surface area contributed by atoms with Crippen molar-refractivity contribution in [2.45, 2.75) is 90.8 Å². The van der Waals surface area contributed by atoms with Gasteiger partial charge in [0.25, 0.3) is 0 Å². The number of nitrogens with one attached hydrogen (secondary N) is 2. The number of rotatable bonds is 12. The number of aromatic nitrogens is 3. The van der Waals surface area contributed by atoms with Crippen molar-refractivity contribution in [3.63, 3.8) is 0 Å². The van der Waals surface area contributed by atoms with Gasteiger partial charge in [0.1, 0.15) is 0 Å². The maximum atomic E-state index is 14.1. The Labute approximate surface area is 352 Å². The number of nitriles is 1. The fraction of sp³-hybridized carbons (Fsp3) is 0.468. The van der Waals surface area contributed by atoms with Gasteiger partial charge in [0.2, 0.25) is 17.8 Å². The molecule has 0 radical (unpaired) electrons. The molecular formula is C47H58N10O3. The summed E-state index contributed by atoms with van der Waals surface area (Å²) in [6.45, 7) is 16.5. The number of para-hydroxylation sites is 2. The van der Waals surface area contributed by atoms with Crippen LogP contribution in [-0.4, -0.2) is 99.8 Å². The van der Waals surface area contributed by atoms with E-state index in [1.807, 2.05) is 45.9 Å². The van der Waals surface area contributed by atoms with Gasteiger partial charge in [0, 0.05) is 91.5 Å². The zero-order chi connectivity index (χ0) is 42.5. The highest BCUT2D eigenvalue weighted by Crippen LogP contribution is 2.46. The minimum atomic E-state index is -0.616. The molecule has 5 aromatic rings. The normalized spacial score (nSPS) is 19.0. The summed E-state index contributed by atoms with van der Waals surface area (Å²) in [7, 11) is 0. The molecule has 4 heterocycles. The van der Waals surface area contributed by atoms with Gasteiger partial charge in [-0.3, -0.25) is 14.4 Å². The van der Waals surface area contributed by atoms with Crippen molar-refractivity contribution >= 4 is 51.2 Å². The van der Waals surface area contributed by atoms with Crippen LogP contribution in [0.4, 0.5) is 11.6 Å². The van der Waals surface area contributed by atoms with Crippen molar-refractivity contribution < 1.29 is 14.4 Å². The first-order chi connectivity index (χ1) is 28.7. The van der Waals surface area contributed by atoms with E-state index >= 15 is 0 Å². The van der Waals surface area contributed by atoms with Gasteiger partial charge in [-0.2, -0.15) is 5.26 Å². The summed E-state index contributed by atoms with van der Waals surface area (Å²) in [5.74, 6) is 0.522. The summed E-state index contributed by atoms with van der Waals surface area (Å²) in [4.78, 5) is 55.5. The number of aromatic amines is 1. The molecular weight excluding hydrogens is 753 g/mol. The van der Waals surface area contributed by atoms with Crippen molar-refractivity contribution in [2.75, 3.05) is 56.4 Å². The number of carbonyl (C=O) groups excluding carboxylic acids is 3. The summed E-state index contributed by atoms with van der Waals surface area (Å²) in [5.41, 5.74) is 20.7. The molecule has 13 nitrogen and oxygen atoms in total. The Bertz CT molecular complexity index is 2520. The Morgan fingerprint density at radius 3 is 2.55 bits per heavy atom. The number of ketones is 1. The van der Waals surface area contributed by atoms with Gasteiger partial charge < -0.3 is 41.0 Å². The molecule has 2 aliphatic heterocycles. The molecule has 0 bridgehead atoms. The fourth-order valence-corrected chi connectivity index (χ4v) is 9.84. The zero-order valence-corrected chi connectivity index (χ0v) is 35.6. The van der Waals surface area contributed by atoms with Crippen LogP contribution < -0.4 is 21.7 Å². The predicted octanol–water partition coefficient (Wildman–Crippen LogP) is 5.47. The lowest BCUT2D eigenvalue weighted by Crippen LogP contribution is -2.50. The SMILES string of the molecule is CCc1cc2c(cc1N1CCN(C(=O)CCCN3C[C@H](NC(=O)[C@@H](N)CCCn4c(N)nc5ccccc54)C(C)(C)C3)CC1)C(C)(C)c1[nH]c3cc(C#N)ccc3c1C2=O. The van der Waals surface area contributed by atoms with Crippen LogP contribution in [0, 0.1) is 16.7 Å². The van der Waals surface area contributed by atoms with E-state index in [0.717, 1.165) is 95.6 Å². The first kappa shape index (κ1) is 41.0.